The van der Waals surface area contributed by atoms with Crippen molar-refractivity contribution >= 4 is 33.9 Å². The number of carbonyl (C=O) groups excluding carboxylic acids is 1. The summed E-state index contributed by atoms with van der Waals surface area (Å²) in [7, 11) is 0. The number of nitrogens with zero attached hydrogens (tertiary/aromatic N) is 4. The van der Waals surface area contributed by atoms with E-state index in [4.69, 9.17) is 0 Å². The molecule has 2 aromatic carbocycles. The van der Waals surface area contributed by atoms with Gasteiger partial charge in [0.15, 0.2) is 0 Å². The number of carbonyl (C=O) groups is 1. The number of amides is 2. The number of anilines is 2. The Morgan fingerprint density at radius 3 is 2.57 bits per heavy atom. The smallest absolute Gasteiger partial charge is 0.328 e. The third-order valence-corrected chi connectivity index (χ3v) is 6.02. The molecule has 1 heterocycles. The number of hydrogen-bond donors (Lipinski definition) is 1. The minimum absolute atomic E-state index is 0.0146. The first kappa shape index (κ1) is 20.0. The van der Waals surface area contributed by atoms with Gasteiger partial charge in [0, 0.05) is 23.7 Å². The summed E-state index contributed by atoms with van der Waals surface area (Å²) in [4.78, 5) is 25.3. The van der Waals surface area contributed by atoms with E-state index in [-0.39, 0.29) is 17.8 Å². The predicted molar refractivity (Wildman–Crippen MR) is 116 cm³/mol. The summed E-state index contributed by atoms with van der Waals surface area (Å²) >= 11 is 1.22. The fourth-order valence-corrected chi connectivity index (χ4v) is 4.41. The molecule has 1 aromatic heterocycles. The number of rotatable bonds is 5. The summed E-state index contributed by atoms with van der Waals surface area (Å²) in [5.41, 5.74) is 1.26. The molecule has 1 aliphatic carbocycles. The van der Waals surface area contributed by atoms with Crippen molar-refractivity contribution in [1.29, 1.82) is 0 Å². The van der Waals surface area contributed by atoms with Gasteiger partial charge < -0.3 is 5.32 Å². The number of hydrogen-bond acceptors (Lipinski definition) is 6. The maximum absolute atomic E-state index is 13.2. The molecule has 0 radical (unpaired) electrons. The molecular weight excluding hydrogens is 402 g/mol. The first-order chi connectivity index (χ1) is 14.6. The minimum Gasteiger partial charge on any atom is -0.335 e. The molecule has 1 saturated carbocycles. The normalized spacial score (nSPS) is 14.3. The number of nitrogens with one attached hydrogen (secondary N) is 1. The van der Waals surface area contributed by atoms with Crippen LogP contribution in [0.15, 0.2) is 54.6 Å². The number of non-ortho nitro benzene ring substituents is 1. The third kappa shape index (κ3) is 4.46. The van der Waals surface area contributed by atoms with Crippen molar-refractivity contribution < 1.29 is 9.72 Å². The van der Waals surface area contributed by atoms with Crippen LogP contribution in [0.2, 0.25) is 0 Å². The lowest BCUT2D eigenvalue weighted by molar-refractivity contribution is -0.384. The van der Waals surface area contributed by atoms with E-state index in [1.165, 1.54) is 34.8 Å². The molecule has 154 valence electrons. The topological polar surface area (TPSA) is 101 Å². The van der Waals surface area contributed by atoms with Crippen molar-refractivity contribution in [1.82, 2.24) is 15.5 Å². The van der Waals surface area contributed by atoms with Crippen LogP contribution < -0.4 is 10.2 Å². The molecule has 1 aliphatic rings. The number of nitro groups is 1. The van der Waals surface area contributed by atoms with Gasteiger partial charge in [-0.2, -0.15) is 0 Å². The molecule has 0 aliphatic heterocycles. The lowest BCUT2D eigenvalue weighted by atomic mass is 9.96. The van der Waals surface area contributed by atoms with Gasteiger partial charge in [0.2, 0.25) is 5.13 Å². The highest BCUT2D eigenvalue weighted by Gasteiger charge is 2.25. The molecule has 0 bridgehead atoms. The average Bonchev–Trinajstić information content (AvgIpc) is 3.25. The summed E-state index contributed by atoms with van der Waals surface area (Å²) in [5.74, 6) is 0. The Morgan fingerprint density at radius 2 is 1.83 bits per heavy atom. The Balaban J connectivity index is 1.64. The lowest BCUT2D eigenvalue weighted by Gasteiger charge is -2.26. The Bertz CT molecular complexity index is 1030. The molecule has 0 unspecified atom stereocenters. The van der Waals surface area contributed by atoms with Gasteiger partial charge in [0.05, 0.1) is 10.6 Å². The number of urea groups is 1. The summed E-state index contributed by atoms with van der Waals surface area (Å²) < 4.78 is 0. The number of aromatic nitrogens is 2. The first-order valence-corrected chi connectivity index (χ1v) is 10.7. The van der Waals surface area contributed by atoms with Crippen molar-refractivity contribution in [2.45, 2.75) is 38.1 Å². The number of benzene rings is 2. The van der Waals surface area contributed by atoms with E-state index in [1.54, 1.807) is 12.1 Å². The second-order valence-electron chi connectivity index (χ2n) is 7.15. The fourth-order valence-electron chi connectivity index (χ4n) is 3.55. The number of nitro benzene ring substituents is 1. The van der Waals surface area contributed by atoms with E-state index in [0.717, 1.165) is 25.7 Å². The van der Waals surface area contributed by atoms with Crippen LogP contribution in [-0.2, 0) is 0 Å². The maximum Gasteiger partial charge on any atom is 0.328 e. The molecule has 3 aromatic rings. The fraction of sp³-hybridized carbons (Fsp3) is 0.286. The molecule has 30 heavy (non-hydrogen) atoms. The van der Waals surface area contributed by atoms with Gasteiger partial charge in [0.1, 0.15) is 5.01 Å². The van der Waals surface area contributed by atoms with Crippen LogP contribution in [0.1, 0.15) is 32.1 Å². The SMILES string of the molecule is O=C(NC1CCCCC1)N(c1ccccc1)c1nnc(-c2cccc([N+](=O)[O-])c2)s1. The zero-order valence-electron chi connectivity index (χ0n) is 16.2. The zero-order valence-corrected chi connectivity index (χ0v) is 17.0. The van der Waals surface area contributed by atoms with E-state index < -0.39 is 4.92 Å². The molecule has 1 fully saturated rings. The van der Waals surface area contributed by atoms with E-state index in [2.05, 4.69) is 15.5 Å². The highest BCUT2D eigenvalue weighted by Crippen LogP contribution is 2.34. The third-order valence-electron chi connectivity index (χ3n) is 5.06. The lowest BCUT2D eigenvalue weighted by Crippen LogP contribution is -2.43. The van der Waals surface area contributed by atoms with Gasteiger partial charge >= 0.3 is 6.03 Å². The molecule has 0 saturated heterocycles. The van der Waals surface area contributed by atoms with Crippen LogP contribution in [0, 0.1) is 10.1 Å². The van der Waals surface area contributed by atoms with Gasteiger partial charge in [-0.3, -0.25) is 10.1 Å². The summed E-state index contributed by atoms with van der Waals surface area (Å²) in [6.45, 7) is 0. The van der Waals surface area contributed by atoms with E-state index in [1.807, 2.05) is 30.3 Å². The van der Waals surface area contributed by atoms with Crippen LogP contribution in [-0.4, -0.2) is 27.2 Å². The molecule has 8 nitrogen and oxygen atoms in total. The zero-order chi connectivity index (χ0) is 20.9. The monoisotopic (exact) mass is 423 g/mol. The highest BCUT2D eigenvalue weighted by atomic mass is 32.1. The average molecular weight is 423 g/mol. The molecular formula is C21H21N5O3S. The Labute approximate surface area is 177 Å². The molecule has 4 rings (SSSR count). The second-order valence-corrected chi connectivity index (χ2v) is 8.11. The van der Waals surface area contributed by atoms with E-state index >= 15 is 0 Å². The van der Waals surface area contributed by atoms with Crippen LogP contribution in [0.4, 0.5) is 21.3 Å². The first-order valence-electron chi connectivity index (χ1n) is 9.86. The molecule has 2 amide bonds. The van der Waals surface area contributed by atoms with Crippen molar-refractivity contribution in [3.05, 3.63) is 64.7 Å². The Hall–Kier alpha value is -3.33. The summed E-state index contributed by atoms with van der Waals surface area (Å²) in [6.07, 6.45) is 5.39. The van der Waals surface area contributed by atoms with Gasteiger partial charge in [-0.25, -0.2) is 9.69 Å². The predicted octanol–water partition coefficient (Wildman–Crippen LogP) is 5.29. The second kappa shape index (κ2) is 9.00. The standard InChI is InChI=1S/C21H21N5O3S/c27-20(22-16-9-3-1-4-10-16)25(17-11-5-2-6-12-17)21-24-23-19(30-21)15-8-7-13-18(14-15)26(28)29/h2,5-8,11-14,16H,1,3-4,9-10H2,(H,22,27). The quantitative estimate of drug-likeness (QED) is 0.444. The van der Waals surface area contributed by atoms with Crippen LogP contribution in [0.3, 0.4) is 0 Å². The van der Waals surface area contributed by atoms with Gasteiger partial charge in [0.25, 0.3) is 5.69 Å². The van der Waals surface area contributed by atoms with E-state index in [0.29, 0.717) is 21.4 Å². The number of para-hydroxylation sites is 1. The van der Waals surface area contributed by atoms with Gasteiger partial charge in [-0.1, -0.05) is 60.9 Å². The largest absolute Gasteiger partial charge is 0.335 e. The van der Waals surface area contributed by atoms with Crippen LogP contribution >= 0.6 is 11.3 Å². The van der Waals surface area contributed by atoms with Gasteiger partial charge in [-0.05, 0) is 25.0 Å². The van der Waals surface area contributed by atoms with E-state index in [9.17, 15) is 14.9 Å². The molecule has 0 atom stereocenters. The molecule has 1 N–H and O–H groups in total. The minimum atomic E-state index is -0.445. The van der Waals surface area contributed by atoms with Crippen molar-refractivity contribution in [3.63, 3.8) is 0 Å². The Morgan fingerprint density at radius 1 is 1.07 bits per heavy atom. The maximum atomic E-state index is 13.2. The Kier molecular flexibility index (Phi) is 5.99. The summed E-state index contributed by atoms with van der Waals surface area (Å²) in [5, 5.41) is 23.5. The van der Waals surface area contributed by atoms with Crippen LogP contribution in [0.5, 0.6) is 0 Å². The summed E-state index contributed by atoms with van der Waals surface area (Å²) in [6, 6.07) is 15.4. The molecule has 0 spiro atoms. The van der Waals surface area contributed by atoms with Crippen LogP contribution in [0.25, 0.3) is 10.6 Å². The van der Waals surface area contributed by atoms with Crippen molar-refractivity contribution in [2.75, 3.05) is 4.90 Å². The highest BCUT2D eigenvalue weighted by molar-refractivity contribution is 7.18. The van der Waals surface area contributed by atoms with Crippen molar-refractivity contribution in [3.8, 4) is 10.6 Å². The van der Waals surface area contributed by atoms with Crippen molar-refractivity contribution in [2.24, 2.45) is 0 Å². The molecule has 9 heteroatoms. The van der Waals surface area contributed by atoms with Gasteiger partial charge in [-0.15, -0.1) is 10.2 Å².